The van der Waals surface area contributed by atoms with Crippen LogP contribution in [0.3, 0.4) is 0 Å². The van der Waals surface area contributed by atoms with Gasteiger partial charge in [0, 0.05) is 37.5 Å². The number of rotatable bonds is 13. The van der Waals surface area contributed by atoms with Gasteiger partial charge in [0.1, 0.15) is 6.04 Å². The molecule has 4 rings (SSSR count). The lowest BCUT2D eigenvalue weighted by atomic mass is 10.0. The third kappa shape index (κ3) is 7.16. The lowest BCUT2D eigenvalue weighted by Gasteiger charge is -2.32. The fourth-order valence-electron chi connectivity index (χ4n) is 4.82. The van der Waals surface area contributed by atoms with Crippen LogP contribution in [0.25, 0.3) is 0 Å². The summed E-state index contributed by atoms with van der Waals surface area (Å²) < 4.78 is 0. The van der Waals surface area contributed by atoms with Gasteiger partial charge in [-0.2, -0.15) is 0 Å². The van der Waals surface area contributed by atoms with Crippen molar-refractivity contribution in [2.24, 2.45) is 0 Å². The second kappa shape index (κ2) is 13.9. The number of hydrogen-bond acceptors (Lipinski definition) is 4. The summed E-state index contributed by atoms with van der Waals surface area (Å²) in [6.07, 6.45) is 2.51. The Hall–Kier alpha value is -3.97. The van der Waals surface area contributed by atoms with E-state index in [0.717, 1.165) is 24.0 Å². The first kappa shape index (κ1) is 29.0. The highest BCUT2D eigenvalue weighted by atomic mass is 35.5. The molecule has 40 heavy (non-hydrogen) atoms. The smallest absolute Gasteiger partial charge is 0.261 e. The third-order valence-electron chi connectivity index (χ3n) is 7.02. The normalized spacial score (nSPS) is 13.2. The number of amides is 4. The van der Waals surface area contributed by atoms with Gasteiger partial charge in [0.2, 0.25) is 11.8 Å². The van der Waals surface area contributed by atoms with Crippen molar-refractivity contribution in [2.75, 3.05) is 13.1 Å². The van der Waals surface area contributed by atoms with E-state index in [1.165, 1.54) is 4.90 Å². The van der Waals surface area contributed by atoms with Crippen LogP contribution in [0.2, 0.25) is 5.02 Å². The number of nitrogens with one attached hydrogen (secondary N) is 1. The maximum Gasteiger partial charge on any atom is 0.261 e. The number of nitrogens with zero attached hydrogens (tertiary/aromatic N) is 2. The summed E-state index contributed by atoms with van der Waals surface area (Å²) in [5.41, 5.74) is 2.56. The van der Waals surface area contributed by atoms with Crippen LogP contribution in [-0.2, 0) is 22.6 Å². The predicted molar refractivity (Wildman–Crippen MR) is 155 cm³/mol. The molecule has 1 aliphatic rings. The molecule has 0 unspecified atom stereocenters. The zero-order valence-corrected chi connectivity index (χ0v) is 23.4. The Balaban J connectivity index is 1.53. The zero-order valence-electron chi connectivity index (χ0n) is 22.6. The summed E-state index contributed by atoms with van der Waals surface area (Å²) in [7, 11) is 0. The molecule has 1 heterocycles. The molecule has 0 bridgehead atoms. The van der Waals surface area contributed by atoms with E-state index in [-0.39, 0.29) is 49.6 Å². The standard InChI is InChI=1S/C32H34ClN3O4/c1-2-3-19-34-30(38)28(21-23-10-5-4-6-11-23)36(22-24-15-17-25(33)18-16-24)29(37)14-9-20-35-31(39)26-12-7-8-13-27(26)32(35)40/h4-8,10-13,15-18,28H,2-3,9,14,19-22H2,1H3,(H,34,38)/t28-/m0/s1. The van der Waals surface area contributed by atoms with Crippen molar-refractivity contribution in [3.8, 4) is 0 Å². The first-order valence-electron chi connectivity index (χ1n) is 13.7. The van der Waals surface area contributed by atoms with Crippen LogP contribution in [-0.4, -0.2) is 52.6 Å². The Morgan fingerprint density at radius 1 is 0.850 bits per heavy atom. The molecule has 0 saturated heterocycles. The maximum atomic E-state index is 13.8. The third-order valence-corrected chi connectivity index (χ3v) is 7.27. The van der Waals surface area contributed by atoms with E-state index in [9.17, 15) is 19.2 Å². The Morgan fingerprint density at radius 3 is 2.10 bits per heavy atom. The van der Waals surface area contributed by atoms with Crippen molar-refractivity contribution in [2.45, 2.75) is 51.6 Å². The quantitative estimate of drug-likeness (QED) is 0.228. The van der Waals surface area contributed by atoms with Gasteiger partial charge in [-0.25, -0.2) is 0 Å². The Bertz CT molecular complexity index is 1310. The number of unbranched alkanes of at least 4 members (excludes halogenated alkanes) is 1. The van der Waals surface area contributed by atoms with E-state index in [1.807, 2.05) is 42.5 Å². The fraction of sp³-hybridized carbons (Fsp3) is 0.312. The van der Waals surface area contributed by atoms with Crippen LogP contribution < -0.4 is 5.32 Å². The monoisotopic (exact) mass is 559 g/mol. The van der Waals surface area contributed by atoms with Gasteiger partial charge in [0.05, 0.1) is 11.1 Å². The van der Waals surface area contributed by atoms with Crippen LogP contribution in [0.4, 0.5) is 0 Å². The van der Waals surface area contributed by atoms with E-state index in [2.05, 4.69) is 12.2 Å². The van der Waals surface area contributed by atoms with Crippen molar-refractivity contribution < 1.29 is 19.2 Å². The minimum atomic E-state index is -0.735. The molecule has 0 aromatic heterocycles. The van der Waals surface area contributed by atoms with Crippen LogP contribution in [0.15, 0.2) is 78.9 Å². The number of fused-ring (bicyclic) bond motifs is 1. The van der Waals surface area contributed by atoms with Crippen LogP contribution in [0.5, 0.6) is 0 Å². The molecule has 208 valence electrons. The van der Waals surface area contributed by atoms with E-state index < -0.39 is 6.04 Å². The molecule has 1 atom stereocenters. The number of halogens is 1. The van der Waals surface area contributed by atoms with Crippen LogP contribution >= 0.6 is 11.6 Å². The van der Waals surface area contributed by atoms with Crippen molar-refractivity contribution in [1.29, 1.82) is 0 Å². The topological polar surface area (TPSA) is 86.8 Å². The van der Waals surface area contributed by atoms with Gasteiger partial charge in [0.25, 0.3) is 11.8 Å². The summed E-state index contributed by atoms with van der Waals surface area (Å²) in [6.45, 7) is 2.93. The second-order valence-electron chi connectivity index (χ2n) is 9.91. The average molecular weight is 560 g/mol. The molecule has 7 nitrogen and oxygen atoms in total. The van der Waals surface area contributed by atoms with E-state index in [4.69, 9.17) is 11.6 Å². The van der Waals surface area contributed by atoms with Gasteiger partial charge in [-0.3, -0.25) is 24.1 Å². The summed E-state index contributed by atoms with van der Waals surface area (Å²) in [5.74, 6) is -1.12. The molecule has 0 saturated carbocycles. The number of carbonyl (C=O) groups is 4. The molecule has 1 aliphatic heterocycles. The SMILES string of the molecule is CCCCNC(=O)[C@H](Cc1ccccc1)N(Cc1ccc(Cl)cc1)C(=O)CCCN1C(=O)c2ccccc2C1=O. The van der Waals surface area contributed by atoms with Gasteiger partial charge in [-0.05, 0) is 48.2 Å². The van der Waals surface area contributed by atoms with E-state index in [1.54, 1.807) is 41.3 Å². The van der Waals surface area contributed by atoms with Crippen LogP contribution in [0, 0.1) is 0 Å². The fourth-order valence-corrected chi connectivity index (χ4v) is 4.95. The van der Waals surface area contributed by atoms with Gasteiger partial charge < -0.3 is 10.2 Å². The molecular weight excluding hydrogens is 526 g/mol. The maximum absolute atomic E-state index is 13.8. The number of benzene rings is 3. The molecule has 0 radical (unpaired) electrons. The summed E-state index contributed by atoms with van der Waals surface area (Å²) in [6, 6.07) is 22.8. The number of carbonyl (C=O) groups excluding carboxylic acids is 4. The van der Waals surface area contributed by atoms with Gasteiger partial charge in [-0.15, -0.1) is 0 Å². The minimum Gasteiger partial charge on any atom is -0.354 e. The molecule has 1 N–H and O–H groups in total. The molecular formula is C32H34ClN3O4. The van der Waals surface area contributed by atoms with E-state index >= 15 is 0 Å². The molecule has 0 fully saturated rings. The summed E-state index contributed by atoms with van der Waals surface area (Å²) in [4.78, 5) is 55.6. The molecule has 0 spiro atoms. The highest BCUT2D eigenvalue weighted by molar-refractivity contribution is 6.30. The number of imide groups is 1. The Labute approximate surface area is 240 Å². The lowest BCUT2D eigenvalue weighted by molar-refractivity contribution is -0.141. The predicted octanol–water partition coefficient (Wildman–Crippen LogP) is 5.27. The average Bonchev–Trinajstić information content (AvgIpc) is 3.21. The summed E-state index contributed by atoms with van der Waals surface area (Å²) >= 11 is 6.09. The zero-order chi connectivity index (χ0) is 28.5. The molecule has 3 aromatic rings. The van der Waals surface area contributed by atoms with Gasteiger partial charge in [-0.1, -0.05) is 79.5 Å². The molecule has 0 aliphatic carbocycles. The number of hydrogen-bond donors (Lipinski definition) is 1. The molecule has 4 amide bonds. The van der Waals surface area contributed by atoms with Crippen molar-refractivity contribution in [3.05, 3.63) is 106 Å². The largest absolute Gasteiger partial charge is 0.354 e. The first-order chi connectivity index (χ1) is 19.4. The Morgan fingerprint density at radius 2 is 1.48 bits per heavy atom. The Kier molecular flexibility index (Phi) is 10.1. The summed E-state index contributed by atoms with van der Waals surface area (Å²) in [5, 5.41) is 3.59. The highest BCUT2D eigenvalue weighted by Gasteiger charge is 2.35. The van der Waals surface area contributed by atoms with Gasteiger partial charge >= 0.3 is 0 Å². The van der Waals surface area contributed by atoms with E-state index in [0.29, 0.717) is 29.1 Å². The van der Waals surface area contributed by atoms with Crippen molar-refractivity contribution in [1.82, 2.24) is 15.1 Å². The second-order valence-corrected chi connectivity index (χ2v) is 10.3. The lowest BCUT2D eigenvalue weighted by Crippen LogP contribution is -2.50. The van der Waals surface area contributed by atoms with Gasteiger partial charge in [0.15, 0.2) is 0 Å². The molecule has 8 heteroatoms. The minimum absolute atomic E-state index is 0.0779. The molecule has 3 aromatic carbocycles. The highest BCUT2D eigenvalue weighted by Crippen LogP contribution is 2.23. The van der Waals surface area contributed by atoms with Crippen molar-refractivity contribution >= 4 is 35.2 Å². The first-order valence-corrected chi connectivity index (χ1v) is 14.1. The van der Waals surface area contributed by atoms with Crippen LogP contribution in [0.1, 0.15) is 64.4 Å². The van der Waals surface area contributed by atoms with Crippen molar-refractivity contribution in [3.63, 3.8) is 0 Å².